The summed E-state index contributed by atoms with van der Waals surface area (Å²) in [5.74, 6) is 0.0740. The van der Waals surface area contributed by atoms with Crippen LogP contribution in [-0.4, -0.2) is 30.7 Å². The number of amides is 2. The number of carbonyl (C=O) groups excluding carboxylic acids is 2. The summed E-state index contributed by atoms with van der Waals surface area (Å²) < 4.78 is 11.5. The maximum atomic E-state index is 13.0. The minimum Gasteiger partial charge on any atom is -0.490 e. The van der Waals surface area contributed by atoms with Crippen LogP contribution in [0.25, 0.3) is 6.08 Å². The normalized spacial score (nSPS) is 14.1. The SMILES string of the molecule is CCOc1cc(/C=C2/C(=O)N(c3ccccc3)N=C2C)cc(Cl)c1OCC(=O)Nc1cccc(C)c1. The molecule has 3 aromatic rings. The fourth-order valence-electron chi connectivity index (χ4n) is 3.73. The van der Waals surface area contributed by atoms with E-state index < -0.39 is 0 Å². The molecule has 4 rings (SSSR count). The monoisotopic (exact) mass is 503 g/mol. The molecule has 2 amide bonds. The first kappa shape index (κ1) is 25.0. The minimum atomic E-state index is -0.324. The molecule has 7 nitrogen and oxygen atoms in total. The summed E-state index contributed by atoms with van der Waals surface area (Å²) in [6, 6.07) is 20.1. The molecule has 0 fully saturated rings. The van der Waals surface area contributed by atoms with Gasteiger partial charge in [0, 0.05) is 5.69 Å². The van der Waals surface area contributed by atoms with E-state index in [-0.39, 0.29) is 29.2 Å². The van der Waals surface area contributed by atoms with Crippen molar-refractivity contribution < 1.29 is 19.1 Å². The summed E-state index contributed by atoms with van der Waals surface area (Å²) >= 11 is 6.53. The number of halogens is 1. The molecule has 0 unspecified atom stereocenters. The summed E-state index contributed by atoms with van der Waals surface area (Å²) in [6.45, 7) is 5.68. The largest absolute Gasteiger partial charge is 0.490 e. The van der Waals surface area contributed by atoms with Crippen LogP contribution in [0.5, 0.6) is 11.5 Å². The number of hydrogen-bond donors (Lipinski definition) is 1. The van der Waals surface area contributed by atoms with Gasteiger partial charge in [0.05, 0.1) is 28.6 Å². The van der Waals surface area contributed by atoms with E-state index in [1.54, 1.807) is 31.2 Å². The van der Waals surface area contributed by atoms with Crippen LogP contribution in [0.15, 0.2) is 77.4 Å². The highest BCUT2D eigenvalue weighted by Crippen LogP contribution is 2.38. The third kappa shape index (κ3) is 5.75. The quantitative estimate of drug-likeness (QED) is 0.390. The van der Waals surface area contributed by atoms with Crippen LogP contribution in [0.2, 0.25) is 5.02 Å². The summed E-state index contributed by atoms with van der Waals surface area (Å²) in [5.41, 5.74) is 4.09. The molecule has 1 heterocycles. The summed E-state index contributed by atoms with van der Waals surface area (Å²) in [5, 5.41) is 8.83. The third-order valence-electron chi connectivity index (χ3n) is 5.36. The van der Waals surface area contributed by atoms with Gasteiger partial charge in [0.25, 0.3) is 11.8 Å². The van der Waals surface area contributed by atoms with Crippen molar-refractivity contribution >= 4 is 46.6 Å². The Morgan fingerprint density at radius 3 is 2.56 bits per heavy atom. The van der Waals surface area contributed by atoms with Crippen molar-refractivity contribution in [2.24, 2.45) is 5.10 Å². The van der Waals surface area contributed by atoms with E-state index in [1.807, 2.05) is 62.4 Å². The van der Waals surface area contributed by atoms with E-state index in [0.717, 1.165) is 5.56 Å². The smallest absolute Gasteiger partial charge is 0.280 e. The lowest BCUT2D eigenvalue weighted by Crippen LogP contribution is -2.21. The molecule has 0 aromatic heterocycles. The van der Waals surface area contributed by atoms with Gasteiger partial charge in [-0.25, -0.2) is 0 Å². The number of hydrazone groups is 1. The Morgan fingerprint density at radius 1 is 1.06 bits per heavy atom. The van der Waals surface area contributed by atoms with Crippen molar-refractivity contribution in [1.29, 1.82) is 0 Å². The molecule has 0 radical (unpaired) electrons. The molecule has 0 saturated carbocycles. The topological polar surface area (TPSA) is 80.2 Å². The Bertz CT molecular complexity index is 1350. The highest BCUT2D eigenvalue weighted by Gasteiger charge is 2.28. The van der Waals surface area contributed by atoms with Crippen LogP contribution in [0.1, 0.15) is 25.0 Å². The number of hydrogen-bond acceptors (Lipinski definition) is 5. The zero-order valence-electron chi connectivity index (χ0n) is 20.2. The maximum Gasteiger partial charge on any atom is 0.280 e. The van der Waals surface area contributed by atoms with Crippen molar-refractivity contribution in [2.75, 3.05) is 23.5 Å². The van der Waals surface area contributed by atoms with Gasteiger partial charge < -0.3 is 14.8 Å². The minimum absolute atomic E-state index is 0.235. The highest BCUT2D eigenvalue weighted by molar-refractivity contribution is 6.33. The molecular weight excluding hydrogens is 478 g/mol. The molecule has 0 spiro atoms. The molecule has 3 aromatic carbocycles. The fourth-order valence-corrected chi connectivity index (χ4v) is 4.00. The first-order valence-corrected chi connectivity index (χ1v) is 11.9. The number of nitrogens with one attached hydrogen (secondary N) is 1. The fraction of sp³-hybridized carbons (Fsp3) is 0.179. The van der Waals surface area contributed by atoms with Crippen molar-refractivity contribution in [3.8, 4) is 11.5 Å². The van der Waals surface area contributed by atoms with Crippen LogP contribution in [0.4, 0.5) is 11.4 Å². The Hall–Kier alpha value is -4.10. The zero-order valence-corrected chi connectivity index (χ0v) is 21.0. The lowest BCUT2D eigenvalue weighted by atomic mass is 10.1. The second kappa shape index (κ2) is 11.1. The van der Waals surface area contributed by atoms with E-state index in [2.05, 4.69) is 10.4 Å². The summed E-state index contributed by atoms with van der Waals surface area (Å²) in [7, 11) is 0. The van der Waals surface area contributed by atoms with Crippen molar-refractivity contribution in [3.63, 3.8) is 0 Å². The van der Waals surface area contributed by atoms with Gasteiger partial charge in [-0.15, -0.1) is 0 Å². The van der Waals surface area contributed by atoms with Gasteiger partial charge in [0.1, 0.15) is 0 Å². The third-order valence-corrected chi connectivity index (χ3v) is 5.64. The average molecular weight is 504 g/mol. The van der Waals surface area contributed by atoms with Crippen LogP contribution in [-0.2, 0) is 9.59 Å². The Morgan fingerprint density at radius 2 is 1.83 bits per heavy atom. The van der Waals surface area contributed by atoms with Gasteiger partial charge in [-0.1, -0.05) is 41.9 Å². The first-order valence-electron chi connectivity index (χ1n) is 11.5. The molecule has 36 heavy (non-hydrogen) atoms. The number of rotatable bonds is 8. The van der Waals surface area contributed by atoms with E-state index in [9.17, 15) is 9.59 Å². The van der Waals surface area contributed by atoms with E-state index in [0.29, 0.717) is 40.6 Å². The number of carbonyl (C=O) groups is 2. The predicted molar refractivity (Wildman–Crippen MR) is 143 cm³/mol. The zero-order chi connectivity index (χ0) is 25.7. The van der Waals surface area contributed by atoms with Crippen molar-refractivity contribution in [1.82, 2.24) is 0 Å². The van der Waals surface area contributed by atoms with Gasteiger partial charge in [-0.05, 0) is 74.4 Å². The molecule has 8 heteroatoms. The lowest BCUT2D eigenvalue weighted by molar-refractivity contribution is -0.118. The number of aryl methyl sites for hydroxylation is 1. The van der Waals surface area contributed by atoms with E-state index in [4.69, 9.17) is 21.1 Å². The number of benzene rings is 3. The molecule has 0 bridgehead atoms. The number of ether oxygens (including phenoxy) is 2. The summed E-state index contributed by atoms with van der Waals surface area (Å²) in [4.78, 5) is 25.5. The predicted octanol–water partition coefficient (Wildman–Crippen LogP) is 5.87. The van der Waals surface area contributed by atoms with Crippen molar-refractivity contribution in [2.45, 2.75) is 20.8 Å². The summed E-state index contributed by atoms with van der Waals surface area (Å²) in [6.07, 6.45) is 1.72. The van der Waals surface area contributed by atoms with Crippen molar-refractivity contribution in [3.05, 3.63) is 88.5 Å². The Balaban J connectivity index is 1.53. The number of para-hydroxylation sites is 1. The first-order chi connectivity index (χ1) is 17.4. The highest BCUT2D eigenvalue weighted by atomic mass is 35.5. The van der Waals surface area contributed by atoms with Gasteiger partial charge in [-0.3, -0.25) is 9.59 Å². The van der Waals surface area contributed by atoms with Crippen LogP contribution >= 0.6 is 11.6 Å². The number of nitrogens with zero attached hydrogens (tertiary/aromatic N) is 2. The second-order valence-corrected chi connectivity index (χ2v) is 8.57. The van der Waals surface area contributed by atoms with Gasteiger partial charge in [0.2, 0.25) is 0 Å². The van der Waals surface area contributed by atoms with Crippen LogP contribution in [0, 0.1) is 6.92 Å². The number of anilines is 2. The van der Waals surface area contributed by atoms with Gasteiger partial charge in [-0.2, -0.15) is 10.1 Å². The Labute approximate surface area is 215 Å². The van der Waals surface area contributed by atoms with E-state index >= 15 is 0 Å². The molecule has 1 aliphatic rings. The van der Waals surface area contributed by atoms with Crippen LogP contribution < -0.4 is 19.8 Å². The molecular formula is C28H26ClN3O4. The second-order valence-electron chi connectivity index (χ2n) is 8.17. The standard InChI is InChI=1S/C28H26ClN3O4/c1-4-35-25-16-20(14-23-19(3)31-32(28(23)34)22-11-6-5-7-12-22)15-24(29)27(25)36-17-26(33)30-21-10-8-9-18(2)13-21/h5-16H,4,17H2,1-3H3,(H,30,33)/b23-14+. The lowest BCUT2D eigenvalue weighted by Gasteiger charge is -2.15. The molecule has 184 valence electrons. The van der Waals surface area contributed by atoms with Gasteiger partial charge in [0.15, 0.2) is 18.1 Å². The molecule has 0 saturated heterocycles. The molecule has 0 atom stereocenters. The molecule has 1 N–H and O–H groups in total. The van der Waals surface area contributed by atoms with Gasteiger partial charge >= 0.3 is 0 Å². The van der Waals surface area contributed by atoms with E-state index in [1.165, 1.54) is 5.01 Å². The maximum absolute atomic E-state index is 13.0. The molecule has 0 aliphatic carbocycles. The average Bonchev–Trinajstić information content (AvgIpc) is 3.12. The Kier molecular flexibility index (Phi) is 7.71. The molecule has 1 aliphatic heterocycles. The van der Waals surface area contributed by atoms with Crippen LogP contribution in [0.3, 0.4) is 0 Å².